The molecule has 0 aromatic rings. The SMILES string of the molecule is CCCCCCN=C(NCC)NCCSC.I. The predicted octanol–water partition coefficient (Wildman–Crippen LogP) is 3.10. The summed E-state index contributed by atoms with van der Waals surface area (Å²) in [5.41, 5.74) is 0. The molecule has 17 heavy (non-hydrogen) atoms. The van der Waals surface area contributed by atoms with E-state index < -0.39 is 0 Å². The van der Waals surface area contributed by atoms with Gasteiger partial charge in [0.15, 0.2) is 5.96 Å². The zero-order chi connectivity index (χ0) is 12.1. The van der Waals surface area contributed by atoms with Gasteiger partial charge in [-0.05, 0) is 19.6 Å². The lowest BCUT2D eigenvalue weighted by Crippen LogP contribution is -2.38. The minimum absolute atomic E-state index is 0. The van der Waals surface area contributed by atoms with Crippen LogP contribution in [0.4, 0.5) is 0 Å². The molecule has 104 valence electrons. The van der Waals surface area contributed by atoms with Gasteiger partial charge in [-0.15, -0.1) is 24.0 Å². The second kappa shape index (κ2) is 16.4. The quantitative estimate of drug-likeness (QED) is 0.282. The Labute approximate surface area is 128 Å². The third kappa shape index (κ3) is 14.3. The van der Waals surface area contributed by atoms with Crippen LogP contribution in [0.5, 0.6) is 0 Å². The first-order chi connectivity index (χ1) is 7.85. The van der Waals surface area contributed by atoms with Crippen molar-refractivity contribution in [2.24, 2.45) is 4.99 Å². The highest BCUT2D eigenvalue weighted by molar-refractivity contribution is 14.0. The summed E-state index contributed by atoms with van der Waals surface area (Å²) in [6.07, 6.45) is 7.23. The molecule has 0 bridgehead atoms. The summed E-state index contributed by atoms with van der Waals surface area (Å²) in [6, 6.07) is 0. The van der Waals surface area contributed by atoms with Crippen LogP contribution in [0.1, 0.15) is 39.5 Å². The Balaban J connectivity index is 0. The highest BCUT2D eigenvalue weighted by Crippen LogP contribution is 1.98. The van der Waals surface area contributed by atoms with Crippen molar-refractivity contribution in [2.45, 2.75) is 39.5 Å². The molecule has 5 heteroatoms. The molecule has 3 nitrogen and oxygen atoms in total. The molecule has 0 spiro atoms. The van der Waals surface area contributed by atoms with E-state index in [1.54, 1.807) is 0 Å². The standard InChI is InChI=1S/C12H27N3S.HI/c1-4-6-7-8-9-14-12(13-5-2)15-10-11-16-3;/h4-11H2,1-3H3,(H2,13,14,15);1H. The van der Waals surface area contributed by atoms with E-state index in [0.717, 1.165) is 31.3 Å². The van der Waals surface area contributed by atoms with Crippen LogP contribution in [-0.2, 0) is 0 Å². The molecule has 2 N–H and O–H groups in total. The zero-order valence-electron chi connectivity index (χ0n) is 11.4. The number of nitrogens with one attached hydrogen (secondary N) is 2. The molecule has 0 unspecified atom stereocenters. The molecular weight excluding hydrogens is 345 g/mol. The fraction of sp³-hybridized carbons (Fsp3) is 0.917. The van der Waals surface area contributed by atoms with Gasteiger partial charge < -0.3 is 10.6 Å². The largest absolute Gasteiger partial charge is 0.357 e. The van der Waals surface area contributed by atoms with Crippen LogP contribution in [0.25, 0.3) is 0 Å². The van der Waals surface area contributed by atoms with Crippen molar-refractivity contribution in [3.63, 3.8) is 0 Å². The highest BCUT2D eigenvalue weighted by atomic mass is 127. The average Bonchev–Trinajstić information content (AvgIpc) is 2.29. The Morgan fingerprint density at radius 3 is 2.47 bits per heavy atom. The number of nitrogens with zero attached hydrogens (tertiary/aromatic N) is 1. The first-order valence-corrected chi connectivity index (χ1v) is 7.75. The van der Waals surface area contributed by atoms with E-state index in [1.165, 1.54) is 25.7 Å². The van der Waals surface area contributed by atoms with Crippen LogP contribution in [0.2, 0.25) is 0 Å². The van der Waals surface area contributed by atoms with Crippen LogP contribution in [0.3, 0.4) is 0 Å². The van der Waals surface area contributed by atoms with E-state index in [0.29, 0.717) is 0 Å². The van der Waals surface area contributed by atoms with E-state index in [-0.39, 0.29) is 24.0 Å². The van der Waals surface area contributed by atoms with Crippen molar-refractivity contribution in [3.05, 3.63) is 0 Å². The van der Waals surface area contributed by atoms with E-state index >= 15 is 0 Å². The molecule has 0 aliphatic carbocycles. The lowest BCUT2D eigenvalue weighted by atomic mass is 10.2. The summed E-state index contributed by atoms with van der Waals surface area (Å²) in [5, 5.41) is 6.59. The van der Waals surface area contributed by atoms with Crippen molar-refractivity contribution < 1.29 is 0 Å². The zero-order valence-corrected chi connectivity index (χ0v) is 14.6. The van der Waals surface area contributed by atoms with Gasteiger partial charge in [-0.2, -0.15) is 11.8 Å². The topological polar surface area (TPSA) is 36.4 Å². The molecule has 0 rings (SSSR count). The fourth-order valence-corrected chi connectivity index (χ4v) is 1.65. The second-order valence-corrected chi connectivity index (χ2v) is 4.73. The van der Waals surface area contributed by atoms with E-state index in [1.807, 2.05) is 11.8 Å². The Kier molecular flexibility index (Phi) is 18.9. The molecule has 0 fully saturated rings. The molecule has 0 aliphatic heterocycles. The third-order valence-corrected chi connectivity index (χ3v) is 2.84. The van der Waals surface area contributed by atoms with Gasteiger partial charge in [0.2, 0.25) is 0 Å². The van der Waals surface area contributed by atoms with Crippen LogP contribution >= 0.6 is 35.7 Å². The van der Waals surface area contributed by atoms with Crippen LogP contribution in [0.15, 0.2) is 4.99 Å². The molecule has 0 aliphatic rings. The number of hydrogen-bond acceptors (Lipinski definition) is 2. The fourth-order valence-electron chi connectivity index (χ4n) is 1.34. The van der Waals surface area contributed by atoms with Crippen molar-refractivity contribution >= 4 is 41.7 Å². The van der Waals surface area contributed by atoms with Crippen molar-refractivity contribution in [2.75, 3.05) is 31.6 Å². The number of thioether (sulfide) groups is 1. The monoisotopic (exact) mass is 373 g/mol. The van der Waals surface area contributed by atoms with Gasteiger partial charge in [0.05, 0.1) is 0 Å². The number of rotatable bonds is 9. The first-order valence-electron chi connectivity index (χ1n) is 6.36. The first kappa shape index (κ1) is 19.7. The normalized spacial score (nSPS) is 10.9. The number of halogens is 1. The van der Waals surface area contributed by atoms with Gasteiger partial charge in [-0.1, -0.05) is 26.2 Å². The molecule has 0 saturated carbocycles. The van der Waals surface area contributed by atoms with Gasteiger partial charge in [-0.3, -0.25) is 4.99 Å². The Morgan fingerprint density at radius 1 is 1.12 bits per heavy atom. The Hall–Kier alpha value is 0.350. The van der Waals surface area contributed by atoms with Crippen molar-refractivity contribution in [1.29, 1.82) is 0 Å². The van der Waals surface area contributed by atoms with Crippen molar-refractivity contribution in [3.8, 4) is 0 Å². The number of guanidine groups is 1. The van der Waals surface area contributed by atoms with E-state index in [4.69, 9.17) is 0 Å². The summed E-state index contributed by atoms with van der Waals surface area (Å²) in [5.74, 6) is 2.09. The number of hydrogen-bond donors (Lipinski definition) is 2. The lowest BCUT2D eigenvalue weighted by Gasteiger charge is -2.10. The molecular formula is C12H28IN3S. The van der Waals surface area contributed by atoms with Crippen LogP contribution in [0, 0.1) is 0 Å². The minimum atomic E-state index is 0. The van der Waals surface area contributed by atoms with Gasteiger partial charge >= 0.3 is 0 Å². The summed E-state index contributed by atoms with van der Waals surface area (Å²) < 4.78 is 0. The molecule has 0 amide bonds. The van der Waals surface area contributed by atoms with Gasteiger partial charge in [0.25, 0.3) is 0 Å². The molecule has 0 saturated heterocycles. The summed E-state index contributed by atoms with van der Waals surface area (Å²) >= 11 is 1.85. The Bertz CT molecular complexity index is 177. The van der Waals surface area contributed by atoms with Gasteiger partial charge in [0, 0.05) is 25.4 Å². The van der Waals surface area contributed by atoms with Crippen LogP contribution < -0.4 is 10.6 Å². The molecule has 0 radical (unpaired) electrons. The molecule has 0 heterocycles. The summed E-state index contributed by atoms with van der Waals surface area (Å²) in [6.45, 7) is 7.19. The van der Waals surface area contributed by atoms with Crippen LogP contribution in [-0.4, -0.2) is 37.6 Å². The maximum absolute atomic E-state index is 4.54. The van der Waals surface area contributed by atoms with Gasteiger partial charge in [0.1, 0.15) is 0 Å². The third-order valence-electron chi connectivity index (χ3n) is 2.22. The number of unbranched alkanes of at least 4 members (excludes halogenated alkanes) is 3. The maximum Gasteiger partial charge on any atom is 0.191 e. The van der Waals surface area contributed by atoms with Crippen molar-refractivity contribution in [1.82, 2.24) is 10.6 Å². The smallest absolute Gasteiger partial charge is 0.191 e. The Morgan fingerprint density at radius 2 is 1.88 bits per heavy atom. The molecule has 0 aromatic carbocycles. The average molecular weight is 373 g/mol. The second-order valence-electron chi connectivity index (χ2n) is 3.74. The summed E-state index contributed by atoms with van der Waals surface area (Å²) in [4.78, 5) is 4.54. The highest BCUT2D eigenvalue weighted by Gasteiger charge is 1.95. The predicted molar refractivity (Wildman–Crippen MR) is 91.9 cm³/mol. The van der Waals surface area contributed by atoms with Gasteiger partial charge in [-0.25, -0.2) is 0 Å². The van der Waals surface area contributed by atoms with E-state index in [2.05, 4.69) is 35.7 Å². The lowest BCUT2D eigenvalue weighted by molar-refractivity contribution is 0.671. The number of aliphatic imine (C=N–C) groups is 1. The van der Waals surface area contributed by atoms with E-state index in [9.17, 15) is 0 Å². The summed E-state index contributed by atoms with van der Waals surface area (Å²) in [7, 11) is 0. The molecule has 0 aromatic heterocycles. The molecule has 0 atom stereocenters. The maximum atomic E-state index is 4.54. The minimum Gasteiger partial charge on any atom is -0.357 e.